The SMILES string of the molecule is C=CC(=C(C)C)c1cc(C(C)(C)C)ccn1. The Morgan fingerprint density at radius 1 is 1.31 bits per heavy atom. The first-order valence-corrected chi connectivity index (χ1v) is 5.63. The number of allylic oxidation sites excluding steroid dienone is 3. The normalized spacial score (nSPS) is 11.1. The Labute approximate surface area is 98.9 Å². The van der Waals surface area contributed by atoms with E-state index in [2.05, 4.69) is 58.3 Å². The molecule has 0 saturated heterocycles. The summed E-state index contributed by atoms with van der Waals surface area (Å²) in [4.78, 5) is 4.42. The van der Waals surface area contributed by atoms with Gasteiger partial charge in [0.2, 0.25) is 0 Å². The molecule has 0 atom stereocenters. The van der Waals surface area contributed by atoms with Gasteiger partial charge in [-0.3, -0.25) is 4.98 Å². The summed E-state index contributed by atoms with van der Waals surface area (Å²) in [5.41, 5.74) is 4.85. The van der Waals surface area contributed by atoms with Crippen molar-refractivity contribution in [3.63, 3.8) is 0 Å². The predicted octanol–water partition coefficient (Wildman–Crippen LogP) is 4.36. The molecule has 0 aromatic carbocycles. The molecular weight excluding hydrogens is 194 g/mol. The number of hydrogen-bond acceptors (Lipinski definition) is 1. The van der Waals surface area contributed by atoms with Crippen molar-refractivity contribution in [1.29, 1.82) is 0 Å². The lowest BCUT2D eigenvalue weighted by atomic mass is 9.86. The molecule has 0 fully saturated rings. The number of rotatable bonds is 2. The molecule has 1 aromatic rings. The fraction of sp³-hybridized carbons (Fsp3) is 0.400. The molecule has 86 valence electrons. The molecule has 1 heteroatoms. The second-order valence-corrected chi connectivity index (χ2v) is 5.30. The minimum Gasteiger partial charge on any atom is -0.256 e. The first-order valence-electron chi connectivity index (χ1n) is 5.63. The average Bonchev–Trinajstić information content (AvgIpc) is 2.17. The van der Waals surface area contributed by atoms with Gasteiger partial charge in [0.15, 0.2) is 0 Å². The van der Waals surface area contributed by atoms with Crippen LogP contribution < -0.4 is 0 Å². The van der Waals surface area contributed by atoms with Crippen molar-refractivity contribution in [3.8, 4) is 0 Å². The molecule has 1 rings (SSSR count). The third-order valence-corrected chi connectivity index (χ3v) is 2.64. The van der Waals surface area contributed by atoms with Crippen molar-refractivity contribution >= 4 is 5.57 Å². The summed E-state index contributed by atoms with van der Waals surface area (Å²) in [6.45, 7) is 14.7. The maximum atomic E-state index is 4.42. The number of hydrogen-bond donors (Lipinski definition) is 0. The first kappa shape index (κ1) is 12.7. The highest BCUT2D eigenvalue weighted by atomic mass is 14.7. The largest absolute Gasteiger partial charge is 0.256 e. The van der Waals surface area contributed by atoms with E-state index >= 15 is 0 Å². The smallest absolute Gasteiger partial charge is 0.0704 e. The van der Waals surface area contributed by atoms with Gasteiger partial charge < -0.3 is 0 Å². The monoisotopic (exact) mass is 215 g/mol. The van der Waals surface area contributed by atoms with Crippen LogP contribution in [-0.2, 0) is 5.41 Å². The van der Waals surface area contributed by atoms with E-state index in [0.29, 0.717) is 0 Å². The van der Waals surface area contributed by atoms with Crippen LogP contribution in [0.5, 0.6) is 0 Å². The third-order valence-electron chi connectivity index (χ3n) is 2.64. The first-order chi connectivity index (χ1) is 7.36. The van der Waals surface area contributed by atoms with Crippen molar-refractivity contribution in [1.82, 2.24) is 4.98 Å². The van der Waals surface area contributed by atoms with Gasteiger partial charge in [-0.25, -0.2) is 0 Å². The summed E-state index contributed by atoms with van der Waals surface area (Å²) in [5.74, 6) is 0. The minimum absolute atomic E-state index is 0.158. The van der Waals surface area contributed by atoms with Gasteiger partial charge in [0.25, 0.3) is 0 Å². The molecule has 1 nitrogen and oxygen atoms in total. The van der Waals surface area contributed by atoms with E-state index in [9.17, 15) is 0 Å². The van der Waals surface area contributed by atoms with Gasteiger partial charge in [-0.15, -0.1) is 0 Å². The topological polar surface area (TPSA) is 12.9 Å². The number of nitrogens with zero attached hydrogens (tertiary/aromatic N) is 1. The second kappa shape index (κ2) is 4.65. The molecule has 0 aliphatic rings. The molecule has 0 aliphatic carbocycles. The summed E-state index contributed by atoms with van der Waals surface area (Å²) in [6.07, 6.45) is 3.76. The molecular formula is C15H21N. The van der Waals surface area contributed by atoms with Crippen LogP contribution in [0.15, 0.2) is 36.6 Å². The lowest BCUT2D eigenvalue weighted by molar-refractivity contribution is 0.589. The van der Waals surface area contributed by atoms with E-state index in [-0.39, 0.29) is 5.41 Å². The molecule has 1 aromatic heterocycles. The fourth-order valence-corrected chi connectivity index (χ4v) is 1.61. The molecule has 0 saturated carbocycles. The molecule has 0 amide bonds. The number of pyridine rings is 1. The highest BCUT2D eigenvalue weighted by Gasteiger charge is 2.14. The van der Waals surface area contributed by atoms with Gasteiger partial charge >= 0.3 is 0 Å². The maximum Gasteiger partial charge on any atom is 0.0704 e. The van der Waals surface area contributed by atoms with E-state index in [0.717, 1.165) is 11.3 Å². The summed E-state index contributed by atoms with van der Waals surface area (Å²) in [7, 11) is 0. The van der Waals surface area contributed by atoms with E-state index in [4.69, 9.17) is 0 Å². The average molecular weight is 215 g/mol. The van der Waals surface area contributed by atoms with Crippen LogP contribution in [0.4, 0.5) is 0 Å². The van der Waals surface area contributed by atoms with Gasteiger partial charge in [-0.1, -0.05) is 39.0 Å². The Kier molecular flexibility index (Phi) is 3.69. The molecule has 0 unspecified atom stereocenters. The van der Waals surface area contributed by atoms with Crippen LogP contribution in [0, 0.1) is 0 Å². The molecule has 0 spiro atoms. The van der Waals surface area contributed by atoms with Crippen molar-refractivity contribution < 1.29 is 0 Å². The summed E-state index contributed by atoms with van der Waals surface area (Å²) >= 11 is 0. The fourth-order valence-electron chi connectivity index (χ4n) is 1.61. The zero-order valence-electron chi connectivity index (χ0n) is 11.0. The van der Waals surface area contributed by atoms with Crippen LogP contribution >= 0.6 is 0 Å². The predicted molar refractivity (Wildman–Crippen MR) is 71.4 cm³/mol. The molecule has 1 heterocycles. The third kappa shape index (κ3) is 2.82. The Hall–Kier alpha value is -1.37. The minimum atomic E-state index is 0.158. The molecule has 0 N–H and O–H groups in total. The van der Waals surface area contributed by atoms with Crippen molar-refractivity contribution in [2.24, 2.45) is 0 Å². The lowest BCUT2D eigenvalue weighted by Crippen LogP contribution is -2.11. The Morgan fingerprint density at radius 2 is 1.94 bits per heavy atom. The summed E-state index contributed by atoms with van der Waals surface area (Å²) < 4.78 is 0. The van der Waals surface area contributed by atoms with Crippen molar-refractivity contribution in [3.05, 3.63) is 47.8 Å². The second-order valence-electron chi connectivity index (χ2n) is 5.30. The standard InChI is InChI=1S/C15H21N/c1-7-13(11(2)3)14-10-12(8-9-16-14)15(4,5)6/h7-10H,1H2,2-6H3. The van der Waals surface area contributed by atoms with E-state index in [1.54, 1.807) is 0 Å². The molecule has 0 radical (unpaired) electrons. The van der Waals surface area contributed by atoms with Gasteiger partial charge in [0, 0.05) is 6.20 Å². The maximum absolute atomic E-state index is 4.42. The molecule has 16 heavy (non-hydrogen) atoms. The van der Waals surface area contributed by atoms with E-state index < -0.39 is 0 Å². The Bertz CT molecular complexity index is 415. The zero-order chi connectivity index (χ0) is 12.3. The summed E-state index contributed by atoms with van der Waals surface area (Å²) in [6, 6.07) is 4.24. The number of aromatic nitrogens is 1. The Morgan fingerprint density at radius 3 is 2.38 bits per heavy atom. The van der Waals surface area contributed by atoms with Crippen LogP contribution in [0.3, 0.4) is 0 Å². The van der Waals surface area contributed by atoms with Gasteiger partial charge in [-0.2, -0.15) is 0 Å². The summed E-state index contributed by atoms with van der Waals surface area (Å²) in [5, 5.41) is 0. The quantitative estimate of drug-likeness (QED) is 0.668. The van der Waals surface area contributed by atoms with Gasteiger partial charge in [0.1, 0.15) is 0 Å². The highest BCUT2D eigenvalue weighted by molar-refractivity contribution is 5.73. The van der Waals surface area contributed by atoms with Crippen LogP contribution in [-0.4, -0.2) is 4.98 Å². The highest BCUT2D eigenvalue weighted by Crippen LogP contribution is 2.25. The van der Waals surface area contributed by atoms with Crippen LogP contribution in [0.2, 0.25) is 0 Å². The van der Waals surface area contributed by atoms with Gasteiger partial charge in [0.05, 0.1) is 5.69 Å². The molecule has 0 aliphatic heterocycles. The van der Waals surface area contributed by atoms with Crippen molar-refractivity contribution in [2.45, 2.75) is 40.0 Å². The van der Waals surface area contributed by atoms with Gasteiger partial charge in [-0.05, 0) is 42.5 Å². The van der Waals surface area contributed by atoms with E-state index in [1.165, 1.54) is 11.1 Å². The van der Waals surface area contributed by atoms with E-state index in [1.807, 2.05) is 12.3 Å². The van der Waals surface area contributed by atoms with Crippen LogP contribution in [0.1, 0.15) is 45.9 Å². The molecule has 0 bridgehead atoms. The van der Waals surface area contributed by atoms with Crippen molar-refractivity contribution in [2.75, 3.05) is 0 Å². The zero-order valence-corrected chi connectivity index (χ0v) is 11.0. The lowest BCUT2D eigenvalue weighted by Gasteiger charge is -2.19. The Balaban J connectivity index is 3.28. The van der Waals surface area contributed by atoms with Crippen LogP contribution in [0.25, 0.3) is 5.57 Å².